The van der Waals surface area contributed by atoms with Crippen molar-refractivity contribution in [3.05, 3.63) is 34.7 Å². The van der Waals surface area contributed by atoms with Crippen molar-refractivity contribution in [1.29, 1.82) is 0 Å². The van der Waals surface area contributed by atoms with Gasteiger partial charge in [-0.05, 0) is 12.0 Å². The van der Waals surface area contributed by atoms with E-state index >= 15 is 0 Å². The van der Waals surface area contributed by atoms with Gasteiger partial charge in [-0.3, -0.25) is 9.59 Å². The number of rotatable bonds is 6. The minimum Gasteiger partial charge on any atom is -0.388 e. The summed E-state index contributed by atoms with van der Waals surface area (Å²) in [7, 11) is 0. The number of carbonyl (C=O) groups is 1. The molecule has 0 spiro atoms. The van der Waals surface area contributed by atoms with Crippen molar-refractivity contribution in [1.82, 2.24) is 9.47 Å². The smallest absolute Gasteiger partial charge is 0.250 e. The van der Waals surface area contributed by atoms with Crippen molar-refractivity contribution in [2.24, 2.45) is 5.92 Å². The van der Waals surface area contributed by atoms with E-state index in [2.05, 4.69) is 0 Å². The third-order valence-corrected chi connectivity index (χ3v) is 4.11. The van der Waals surface area contributed by atoms with E-state index in [1.165, 1.54) is 10.6 Å². The van der Waals surface area contributed by atoms with Gasteiger partial charge in [-0.1, -0.05) is 19.9 Å². The molecule has 1 aromatic heterocycles. The van der Waals surface area contributed by atoms with Gasteiger partial charge in [-0.25, -0.2) is 0 Å². The number of aryl methyl sites for hydroxylation is 1. The van der Waals surface area contributed by atoms with Gasteiger partial charge in [0.05, 0.1) is 19.3 Å². The Kier molecular flexibility index (Phi) is 6.53. The van der Waals surface area contributed by atoms with E-state index in [0.29, 0.717) is 6.54 Å². The molecule has 0 aliphatic carbocycles. The molecular formula is C17H26N2O5. The van der Waals surface area contributed by atoms with Gasteiger partial charge in [0.25, 0.3) is 5.56 Å². The van der Waals surface area contributed by atoms with E-state index in [4.69, 9.17) is 4.74 Å². The lowest BCUT2D eigenvalue weighted by Gasteiger charge is -2.40. The molecule has 3 atom stereocenters. The first-order chi connectivity index (χ1) is 11.4. The molecule has 0 aromatic carbocycles. The maximum atomic E-state index is 12.7. The van der Waals surface area contributed by atoms with Gasteiger partial charge in [-0.15, -0.1) is 0 Å². The lowest BCUT2D eigenvalue weighted by Crippen LogP contribution is -2.58. The average molecular weight is 338 g/mol. The Balaban J connectivity index is 2.07. The molecule has 24 heavy (non-hydrogen) atoms. The number of aliphatic hydroxyl groups excluding tert-OH is 2. The van der Waals surface area contributed by atoms with Crippen LogP contribution in [0.15, 0.2) is 29.2 Å². The molecule has 134 valence electrons. The highest BCUT2D eigenvalue weighted by Gasteiger charge is 2.37. The molecule has 1 saturated heterocycles. The molecule has 1 fully saturated rings. The van der Waals surface area contributed by atoms with E-state index in [1.54, 1.807) is 23.2 Å². The summed E-state index contributed by atoms with van der Waals surface area (Å²) >= 11 is 0. The van der Waals surface area contributed by atoms with Crippen LogP contribution in [0.25, 0.3) is 0 Å². The highest BCUT2D eigenvalue weighted by molar-refractivity contribution is 5.76. The zero-order chi connectivity index (χ0) is 17.7. The number of hydrogen-bond donors (Lipinski definition) is 2. The van der Waals surface area contributed by atoms with Crippen LogP contribution < -0.4 is 5.56 Å². The molecule has 7 nitrogen and oxygen atoms in total. The molecule has 1 amide bonds. The van der Waals surface area contributed by atoms with Crippen LogP contribution in [-0.2, 0) is 16.1 Å². The summed E-state index contributed by atoms with van der Waals surface area (Å²) in [5, 5.41) is 20.0. The fourth-order valence-electron chi connectivity index (χ4n) is 2.86. The van der Waals surface area contributed by atoms with Gasteiger partial charge < -0.3 is 24.4 Å². The number of aromatic nitrogens is 1. The highest BCUT2D eigenvalue weighted by atomic mass is 16.5. The Labute approximate surface area is 141 Å². The molecule has 1 aliphatic rings. The van der Waals surface area contributed by atoms with E-state index in [9.17, 15) is 19.8 Å². The fourth-order valence-corrected chi connectivity index (χ4v) is 2.86. The standard InChI is InChI=1S/C17H26N2O5/c1-12(2)9-19(13-10-24-11-14(20)17(13)23)16(22)6-8-18-7-4-3-5-15(18)21/h3-5,7,12-14,17,20,23H,6,8-11H2,1-2H3/t13-,14-,17+/m1/s1. The molecule has 7 heteroatoms. The molecular weight excluding hydrogens is 312 g/mol. The van der Waals surface area contributed by atoms with Crippen molar-refractivity contribution in [2.75, 3.05) is 19.8 Å². The molecule has 2 heterocycles. The van der Waals surface area contributed by atoms with E-state index in [-0.39, 0.29) is 43.6 Å². The number of nitrogens with zero attached hydrogens (tertiary/aromatic N) is 2. The molecule has 0 unspecified atom stereocenters. The quantitative estimate of drug-likeness (QED) is 0.752. The van der Waals surface area contributed by atoms with Gasteiger partial charge in [0.2, 0.25) is 5.91 Å². The Morgan fingerprint density at radius 1 is 1.38 bits per heavy atom. The molecule has 1 aromatic rings. The largest absolute Gasteiger partial charge is 0.388 e. The van der Waals surface area contributed by atoms with Gasteiger partial charge in [0.1, 0.15) is 12.2 Å². The second-order valence-electron chi connectivity index (χ2n) is 6.58. The Hall–Kier alpha value is -1.70. The normalized spacial score (nSPS) is 24.1. The number of pyridine rings is 1. The van der Waals surface area contributed by atoms with Crippen LogP contribution in [0.4, 0.5) is 0 Å². The summed E-state index contributed by atoms with van der Waals surface area (Å²) in [4.78, 5) is 26.0. The summed E-state index contributed by atoms with van der Waals surface area (Å²) in [5.41, 5.74) is -0.155. The first-order valence-electron chi connectivity index (χ1n) is 8.29. The van der Waals surface area contributed by atoms with Crippen molar-refractivity contribution < 1.29 is 19.7 Å². The molecule has 0 bridgehead atoms. The Morgan fingerprint density at radius 3 is 2.79 bits per heavy atom. The van der Waals surface area contributed by atoms with Crippen LogP contribution in [0, 0.1) is 5.92 Å². The monoisotopic (exact) mass is 338 g/mol. The lowest BCUT2D eigenvalue weighted by molar-refractivity contribution is -0.157. The first-order valence-corrected chi connectivity index (χ1v) is 8.29. The third kappa shape index (κ3) is 4.66. The van der Waals surface area contributed by atoms with E-state index in [1.807, 2.05) is 13.8 Å². The van der Waals surface area contributed by atoms with E-state index < -0.39 is 18.2 Å². The summed E-state index contributed by atoms with van der Waals surface area (Å²) in [6, 6.07) is 4.28. The van der Waals surface area contributed by atoms with Crippen molar-refractivity contribution in [2.45, 2.75) is 45.1 Å². The predicted molar refractivity (Wildman–Crippen MR) is 88.5 cm³/mol. The summed E-state index contributed by atoms with van der Waals surface area (Å²) in [5.74, 6) is 0.0425. The van der Waals surface area contributed by atoms with Crippen LogP contribution in [0.3, 0.4) is 0 Å². The van der Waals surface area contributed by atoms with Crippen LogP contribution in [-0.4, -0.2) is 63.6 Å². The van der Waals surface area contributed by atoms with Gasteiger partial charge in [0.15, 0.2) is 0 Å². The van der Waals surface area contributed by atoms with Crippen LogP contribution in [0.2, 0.25) is 0 Å². The zero-order valence-corrected chi connectivity index (χ0v) is 14.2. The summed E-state index contributed by atoms with van der Waals surface area (Å²) in [6.07, 6.45) is -0.232. The Bertz CT molecular complexity index is 601. The topological polar surface area (TPSA) is 92.0 Å². The average Bonchev–Trinajstić information content (AvgIpc) is 2.54. The number of hydrogen-bond acceptors (Lipinski definition) is 5. The van der Waals surface area contributed by atoms with Crippen molar-refractivity contribution in [3.63, 3.8) is 0 Å². The number of amides is 1. The lowest BCUT2D eigenvalue weighted by atomic mass is 10.0. The van der Waals surface area contributed by atoms with Crippen LogP contribution in [0.5, 0.6) is 0 Å². The van der Waals surface area contributed by atoms with Gasteiger partial charge >= 0.3 is 0 Å². The minimum absolute atomic E-state index is 0.0702. The third-order valence-electron chi connectivity index (χ3n) is 4.11. The zero-order valence-electron chi connectivity index (χ0n) is 14.2. The summed E-state index contributed by atoms with van der Waals surface area (Å²) in [6.45, 7) is 4.96. The molecule has 1 aliphatic heterocycles. The van der Waals surface area contributed by atoms with Crippen LogP contribution in [0.1, 0.15) is 20.3 Å². The summed E-state index contributed by atoms with van der Waals surface area (Å²) < 4.78 is 6.78. The SMILES string of the molecule is CC(C)CN(C(=O)CCn1ccccc1=O)[C@@H]1COC[C@@H](O)[C@H]1O. The predicted octanol–water partition coefficient (Wildman–Crippen LogP) is -0.156. The minimum atomic E-state index is -1.03. The number of ether oxygens (including phenoxy) is 1. The van der Waals surface area contributed by atoms with Gasteiger partial charge in [-0.2, -0.15) is 0 Å². The van der Waals surface area contributed by atoms with Crippen molar-refractivity contribution >= 4 is 5.91 Å². The maximum Gasteiger partial charge on any atom is 0.250 e. The van der Waals surface area contributed by atoms with E-state index in [0.717, 1.165) is 0 Å². The molecule has 0 radical (unpaired) electrons. The second-order valence-corrected chi connectivity index (χ2v) is 6.58. The van der Waals surface area contributed by atoms with Crippen LogP contribution >= 0.6 is 0 Å². The number of carbonyl (C=O) groups excluding carboxylic acids is 1. The molecule has 2 N–H and O–H groups in total. The molecule has 0 saturated carbocycles. The maximum absolute atomic E-state index is 12.7. The first kappa shape index (κ1) is 18.6. The van der Waals surface area contributed by atoms with Crippen molar-refractivity contribution in [3.8, 4) is 0 Å². The fraction of sp³-hybridized carbons (Fsp3) is 0.647. The van der Waals surface area contributed by atoms with Gasteiger partial charge in [0, 0.05) is 31.8 Å². The second kappa shape index (κ2) is 8.41. The number of aliphatic hydroxyl groups is 2. The Morgan fingerprint density at radius 2 is 2.12 bits per heavy atom. The molecule has 2 rings (SSSR count). The highest BCUT2D eigenvalue weighted by Crippen LogP contribution is 2.18.